The number of sulfonamides is 1. The number of methoxy groups -OCH3 is 1. The second-order valence-corrected chi connectivity index (χ2v) is 8.11. The molecule has 0 aliphatic carbocycles. The molecule has 0 saturated carbocycles. The zero-order valence-corrected chi connectivity index (χ0v) is 15.0. The van der Waals surface area contributed by atoms with E-state index >= 15 is 0 Å². The second kappa shape index (κ2) is 6.26. The smallest absolute Gasteiger partial charge is 0.339 e. The molecule has 0 fully saturated rings. The highest BCUT2D eigenvalue weighted by molar-refractivity contribution is 7.89. The molecule has 4 rings (SSSR count). The minimum absolute atomic E-state index is 0.0184. The quantitative estimate of drug-likeness (QED) is 0.719. The summed E-state index contributed by atoms with van der Waals surface area (Å²) < 4.78 is 32.6. The Balaban J connectivity index is 1.76. The van der Waals surface area contributed by atoms with Crippen LogP contribution in [0, 0.1) is 0 Å². The van der Waals surface area contributed by atoms with Crippen molar-refractivity contribution in [3.05, 3.63) is 65.4 Å². The fourth-order valence-corrected chi connectivity index (χ4v) is 5.04. The third kappa shape index (κ3) is 2.60. The Bertz CT molecular complexity index is 1100. The van der Waals surface area contributed by atoms with E-state index in [-0.39, 0.29) is 17.0 Å². The van der Waals surface area contributed by atoms with Crippen molar-refractivity contribution >= 4 is 26.9 Å². The highest BCUT2D eigenvalue weighted by Crippen LogP contribution is 2.31. The lowest BCUT2D eigenvalue weighted by molar-refractivity contribution is 0.0596. The third-order valence-corrected chi connectivity index (χ3v) is 6.66. The molecular formula is C19H18N2O4S. The fraction of sp³-hybridized carbons (Fsp3) is 0.211. The maximum atomic E-state index is 13.2. The van der Waals surface area contributed by atoms with E-state index in [1.165, 1.54) is 23.5 Å². The van der Waals surface area contributed by atoms with Crippen molar-refractivity contribution in [2.45, 2.75) is 17.9 Å². The third-order valence-electron chi connectivity index (χ3n) is 4.76. The van der Waals surface area contributed by atoms with Gasteiger partial charge in [0.1, 0.15) is 0 Å². The molecule has 3 aromatic rings. The standard InChI is InChI=1S/C19H18N2O4S/c1-25-19(22)14-7-3-5-9-18(14)26(23,24)21-11-10-17-15(12-21)13-6-2-4-8-16(13)20-17/h2-9,20H,10-12H2,1H3. The van der Waals surface area contributed by atoms with Crippen LogP contribution in [0.5, 0.6) is 0 Å². The molecule has 134 valence electrons. The molecule has 1 aliphatic heterocycles. The maximum absolute atomic E-state index is 13.2. The number of aromatic amines is 1. The number of nitrogens with one attached hydrogen (secondary N) is 1. The minimum Gasteiger partial charge on any atom is -0.465 e. The number of para-hydroxylation sites is 1. The van der Waals surface area contributed by atoms with Crippen molar-refractivity contribution in [1.82, 2.24) is 9.29 Å². The lowest BCUT2D eigenvalue weighted by Crippen LogP contribution is -2.36. The summed E-state index contributed by atoms with van der Waals surface area (Å²) in [5, 5.41) is 1.03. The number of aromatic nitrogens is 1. The molecule has 0 bridgehead atoms. The van der Waals surface area contributed by atoms with Gasteiger partial charge in [-0.3, -0.25) is 0 Å². The summed E-state index contributed by atoms with van der Waals surface area (Å²) in [4.78, 5) is 15.3. The average molecular weight is 370 g/mol. The number of ether oxygens (including phenoxy) is 1. The van der Waals surface area contributed by atoms with Crippen molar-refractivity contribution in [2.75, 3.05) is 13.7 Å². The highest BCUT2D eigenvalue weighted by atomic mass is 32.2. The molecular weight excluding hydrogens is 352 g/mol. The Kier molecular flexibility index (Phi) is 4.05. The topological polar surface area (TPSA) is 79.5 Å². The Hall–Kier alpha value is -2.64. The molecule has 0 amide bonds. The molecule has 0 saturated heterocycles. The predicted molar refractivity (Wildman–Crippen MR) is 97.4 cm³/mol. The van der Waals surface area contributed by atoms with Gasteiger partial charge in [-0.05, 0) is 23.8 Å². The Labute approximate surface area is 151 Å². The van der Waals surface area contributed by atoms with Crippen LogP contribution in [0.2, 0.25) is 0 Å². The van der Waals surface area contributed by atoms with E-state index in [0.29, 0.717) is 13.0 Å². The van der Waals surface area contributed by atoms with Gasteiger partial charge in [-0.2, -0.15) is 4.31 Å². The Morgan fingerprint density at radius 1 is 1.12 bits per heavy atom. The van der Waals surface area contributed by atoms with E-state index in [9.17, 15) is 13.2 Å². The number of rotatable bonds is 3. The van der Waals surface area contributed by atoms with Crippen LogP contribution in [0.4, 0.5) is 0 Å². The van der Waals surface area contributed by atoms with Crippen LogP contribution >= 0.6 is 0 Å². The van der Waals surface area contributed by atoms with Crippen LogP contribution in [-0.2, 0) is 27.7 Å². The van der Waals surface area contributed by atoms with Crippen molar-refractivity contribution in [3.8, 4) is 0 Å². The van der Waals surface area contributed by atoms with Crippen molar-refractivity contribution in [2.24, 2.45) is 0 Å². The first kappa shape index (κ1) is 16.8. The first-order valence-electron chi connectivity index (χ1n) is 8.28. The molecule has 0 radical (unpaired) electrons. The van der Waals surface area contributed by atoms with Crippen LogP contribution in [-0.4, -0.2) is 37.3 Å². The first-order valence-corrected chi connectivity index (χ1v) is 9.72. The number of benzene rings is 2. The molecule has 1 aromatic heterocycles. The molecule has 26 heavy (non-hydrogen) atoms. The fourth-order valence-electron chi connectivity index (χ4n) is 3.46. The molecule has 0 spiro atoms. The van der Waals surface area contributed by atoms with Gasteiger partial charge in [0.05, 0.1) is 17.6 Å². The van der Waals surface area contributed by atoms with Crippen LogP contribution in [0.1, 0.15) is 21.6 Å². The number of esters is 1. The normalized spacial score (nSPS) is 15.0. The summed E-state index contributed by atoms with van der Waals surface area (Å²) >= 11 is 0. The van der Waals surface area contributed by atoms with E-state index in [2.05, 4.69) is 4.98 Å². The van der Waals surface area contributed by atoms with E-state index in [1.807, 2.05) is 24.3 Å². The summed E-state index contributed by atoms with van der Waals surface area (Å²) in [6.45, 7) is 0.634. The Morgan fingerprint density at radius 2 is 1.85 bits per heavy atom. The molecule has 7 heteroatoms. The molecule has 2 aromatic carbocycles. The van der Waals surface area contributed by atoms with Gasteiger partial charge in [0.15, 0.2) is 0 Å². The molecule has 6 nitrogen and oxygen atoms in total. The van der Waals surface area contributed by atoms with Crippen LogP contribution < -0.4 is 0 Å². The Morgan fingerprint density at radius 3 is 2.65 bits per heavy atom. The van der Waals surface area contributed by atoms with Gasteiger partial charge >= 0.3 is 5.97 Å². The molecule has 1 N–H and O–H groups in total. The number of carbonyl (C=O) groups excluding carboxylic acids is 1. The van der Waals surface area contributed by atoms with Crippen LogP contribution in [0.3, 0.4) is 0 Å². The van der Waals surface area contributed by atoms with Gasteiger partial charge in [-0.1, -0.05) is 30.3 Å². The SMILES string of the molecule is COC(=O)c1ccccc1S(=O)(=O)N1CCc2[nH]c3ccccc3c2C1. The minimum atomic E-state index is -3.82. The monoisotopic (exact) mass is 370 g/mol. The van der Waals surface area contributed by atoms with Crippen molar-refractivity contribution in [1.29, 1.82) is 0 Å². The average Bonchev–Trinajstić information content (AvgIpc) is 3.05. The van der Waals surface area contributed by atoms with Gasteiger partial charge in [0.25, 0.3) is 0 Å². The van der Waals surface area contributed by atoms with E-state index in [0.717, 1.165) is 22.2 Å². The molecule has 1 aliphatic rings. The molecule has 0 atom stereocenters. The zero-order chi connectivity index (χ0) is 18.3. The summed E-state index contributed by atoms with van der Waals surface area (Å²) in [6, 6.07) is 14.0. The highest BCUT2D eigenvalue weighted by Gasteiger charge is 2.33. The van der Waals surface area contributed by atoms with Crippen LogP contribution in [0.15, 0.2) is 53.4 Å². The van der Waals surface area contributed by atoms with Gasteiger partial charge in [-0.25, -0.2) is 13.2 Å². The van der Waals surface area contributed by atoms with Crippen LogP contribution in [0.25, 0.3) is 10.9 Å². The van der Waals surface area contributed by atoms with E-state index < -0.39 is 16.0 Å². The number of hydrogen-bond acceptors (Lipinski definition) is 4. The van der Waals surface area contributed by atoms with Crippen molar-refractivity contribution in [3.63, 3.8) is 0 Å². The van der Waals surface area contributed by atoms with E-state index in [4.69, 9.17) is 4.74 Å². The lowest BCUT2D eigenvalue weighted by atomic mass is 10.1. The summed E-state index contributed by atoms with van der Waals surface area (Å²) in [5.41, 5.74) is 3.12. The first-order chi connectivity index (χ1) is 12.5. The van der Waals surface area contributed by atoms with E-state index in [1.54, 1.807) is 12.1 Å². The summed E-state index contributed by atoms with van der Waals surface area (Å²) in [5.74, 6) is -0.658. The maximum Gasteiger partial charge on any atom is 0.339 e. The van der Waals surface area contributed by atoms with Gasteiger partial charge in [-0.15, -0.1) is 0 Å². The second-order valence-electron chi connectivity index (χ2n) is 6.20. The predicted octanol–water partition coefficient (Wildman–Crippen LogP) is 2.70. The number of fused-ring (bicyclic) bond motifs is 3. The zero-order valence-electron chi connectivity index (χ0n) is 14.2. The summed E-state index contributed by atoms with van der Waals surface area (Å²) in [6.07, 6.45) is 0.601. The number of hydrogen-bond donors (Lipinski definition) is 1. The number of H-pyrrole nitrogens is 1. The molecule has 0 unspecified atom stereocenters. The summed E-state index contributed by atoms with van der Waals surface area (Å²) in [7, 11) is -2.58. The van der Waals surface area contributed by atoms with Gasteiger partial charge in [0.2, 0.25) is 10.0 Å². The lowest BCUT2D eigenvalue weighted by Gasteiger charge is -2.27. The number of nitrogens with zero attached hydrogens (tertiary/aromatic N) is 1. The molecule has 2 heterocycles. The number of carbonyl (C=O) groups is 1. The van der Waals surface area contributed by atoms with Gasteiger partial charge in [0, 0.05) is 36.1 Å². The van der Waals surface area contributed by atoms with Crippen molar-refractivity contribution < 1.29 is 17.9 Å². The largest absolute Gasteiger partial charge is 0.465 e. The van der Waals surface area contributed by atoms with Gasteiger partial charge < -0.3 is 9.72 Å².